The number of hydrogen-bond acceptors (Lipinski definition) is 4. The Balaban J connectivity index is 1.65. The Labute approximate surface area is 128 Å². The Morgan fingerprint density at radius 2 is 2.14 bits per heavy atom. The molecule has 4 nitrogen and oxygen atoms in total. The minimum Gasteiger partial charge on any atom is -0.459 e. The second kappa shape index (κ2) is 6.10. The van der Waals surface area contributed by atoms with Gasteiger partial charge in [-0.05, 0) is 17.7 Å². The maximum Gasteiger partial charge on any atom is 0.330 e. The SMILES string of the molecule is CCS[C@@H]1CC2CC(=O)N2[C@H]1C(=O)OCc1ccccc1. The van der Waals surface area contributed by atoms with Gasteiger partial charge in [-0.3, -0.25) is 4.79 Å². The van der Waals surface area contributed by atoms with Crippen LogP contribution >= 0.6 is 11.8 Å². The van der Waals surface area contributed by atoms with Crippen molar-refractivity contribution < 1.29 is 14.3 Å². The number of β-lactam (4-membered cyclic amide) rings is 1. The number of thioether (sulfide) groups is 1. The van der Waals surface area contributed by atoms with Crippen LogP contribution in [0.15, 0.2) is 30.3 Å². The van der Waals surface area contributed by atoms with Crippen molar-refractivity contribution in [3.05, 3.63) is 35.9 Å². The van der Waals surface area contributed by atoms with Crippen LogP contribution < -0.4 is 0 Å². The molecule has 2 fully saturated rings. The summed E-state index contributed by atoms with van der Waals surface area (Å²) in [6.45, 7) is 2.35. The lowest BCUT2D eigenvalue weighted by Gasteiger charge is -2.37. The Hall–Kier alpha value is -1.49. The fourth-order valence-corrected chi connectivity index (χ4v) is 4.32. The van der Waals surface area contributed by atoms with Crippen LogP contribution in [0.5, 0.6) is 0 Å². The Morgan fingerprint density at radius 3 is 2.81 bits per heavy atom. The monoisotopic (exact) mass is 305 g/mol. The van der Waals surface area contributed by atoms with E-state index in [0.29, 0.717) is 6.42 Å². The third-order valence-corrected chi connectivity index (χ3v) is 5.31. The molecule has 2 aliphatic rings. The number of hydrogen-bond donors (Lipinski definition) is 0. The number of benzene rings is 1. The first-order chi connectivity index (χ1) is 10.2. The molecule has 3 rings (SSSR count). The number of carbonyl (C=O) groups excluding carboxylic acids is 2. The molecule has 1 aromatic rings. The van der Waals surface area contributed by atoms with Crippen molar-refractivity contribution in [2.45, 2.75) is 43.7 Å². The zero-order chi connectivity index (χ0) is 14.8. The van der Waals surface area contributed by atoms with Crippen molar-refractivity contribution in [3.8, 4) is 0 Å². The van der Waals surface area contributed by atoms with E-state index in [-0.39, 0.29) is 29.8 Å². The summed E-state index contributed by atoms with van der Waals surface area (Å²) in [5.74, 6) is 0.767. The largest absolute Gasteiger partial charge is 0.459 e. The fourth-order valence-electron chi connectivity index (χ4n) is 3.10. The van der Waals surface area contributed by atoms with Crippen LogP contribution in [0.3, 0.4) is 0 Å². The number of amides is 1. The van der Waals surface area contributed by atoms with E-state index in [9.17, 15) is 9.59 Å². The maximum absolute atomic E-state index is 12.4. The topological polar surface area (TPSA) is 46.6 Å². The van der Waals surface area contributed by atoms with Gasteiger partial charge in [-0.15, -0.1) is 0 Å². The van der Waals surface area contributed by atoms with E-state index >= 15 is 0 Å². The van der Waals surface area contributed by atoms with Gasteiger partial charge < -0.3 is 9.64 Å². The third kappa shape index (κ3) is 2.79. The van der Waals surface area contributed by atoms with Crippen molar-refractivity contribution in [3.63, 3.8) is 0 Å². The fraction of sp³-hybridized carbons (Fsp3) is 0.500. The predicted octanol–water partition coefficient (Wildman–Crippen LogP) is 2.22. The molecule has 2 aliphatic heterocycles. The molecule has 0 radical (unpaired) electrons. The smallest absolute Gasteiger partial charge is 0.330 e. The normalized spacial score (nSPS) is 27.2. The average Bonchev–Trinajstić information content (AvgIpc) is 2.79. The van der Waals surface area contributed by atoms with Gasteiger partial charge >= 0.3 is 5.97 Å². The van der Waals surface area contributed by atoms with Crippen LogP contribution in [-0.4, -0.2) is 39.9 Å². The highest BCUT2D eigenvalue weighted by molar-refractivity contribution is 7.99. The van der Waals surface area contributed by atoms with Crippen LogP contribution in [0.1, 0.15) is 25.3 Å². The molecule has 0 aromatic heterocycles. The molecule has 0 spiro atoms. The van der Waals surface area contributed by atoms with Crippen molar-refractivity contribution in [2.75, 3.05) is 5.75 Å². The van der Waals surface area contributed by atoms with Gasteiger partial charge in [0.15, 0.2) is 0 Å². The van der Waals surface area contributed by atoms with Gasteiger partial charge in [0.25, 0.3) is 0 Å². The lowest BCUT2D eigenvalue weighted by Crippen LogP contribution is -2.55. The number of ether oxygens (including phenoxy) is 1. The van der Waals surface area contributed by atoms with Crippen LogP contribution in [0.2, 0.25) is 0 Å². The van der Waals surface area contributed by atoms with E-state index < -0.39 is 6.04 Å². The highest BCUT2D eigenvalue weighted by atomic mass is 32.2. The molecule has 1 unspecified atom stereocenters. The summed E-state index contributed by atoms with van der Waals surface area (Å²) >= 11 is 1.75. The minimum atomic E-state index is -0.398. The van der Waals surface area contributed by atoms with Gasteiger partial charge in [0.2, 0.25) is 5.91 Å². The summed E-state index contributed by atoms with van der Waals surface area (Å²) in [7, 11) is 0. The Morgan fingerprint density at radius 1 is 1.38 bits per heavy atom. The molecule has 2 saturated heterocycles. The molecule has 3 atom stereocenters. The summed E-state index contributed by atoms with van der Waals surface area (Å²) in [5, 5.41) is 0.176. The molecule has 2 heterocycles. The van der Waals surface area contributed by atoms with E-state index in [2.05, 4.69) is 6.92 Å². The number of rotatable bonds is 5. The summed E-state index contributed by atoms with van der Waals surface area (Å²) in [5.41, 5.74) is 0.968. The summed E-state index contributed by atoms with van der Waals surface area (Å²) in [6.07, 6.45) is 1.50. The van der Waals surface area contributed by atoms with Gasteiger partial charge in [0.05, 0.1) is 0 Å². The van der Waals surface area contributed by atoms with Crippen molar-refractivity contribution in [2.24, 2.45) is 0 Å². The van der Waals surface area contributed by atoms with E-state index in [1.165, 1.54) is 0 Å². The number of fused-ring (bicyclic) bond motifs is 1. The van der Waals surface area contributed by atoms with Crippen molar-refractivity contribution >= 4 is 23.6 Å². The maximum atomic E-state index is 12.4. The van der Waals surface area contributed by atoms with Gasteiger partial charge in [-0.1, -0.05) is 37.3 Å². The highest BCUT2D eigenvalue weighted by Gasteiger charge is 2.54. The Kier molecular flexibility index (Phi) is 4.19. The number of carbonyl (C=O) groups is 2. The zero-order valence-electron chi connectivity index (χ0n) is 12.0. The molecule has 112 valence electrons. The van der Waals surface area contributed by atoms with Gasteiger partial charge in [0, 0.05) is 17.7 Å². The first-order valence-corrected chi connectivity index (χ1v) is 8.39. The quantitative estimate of drug-likeness (QED) is 0.618. The minimum absolute atomic E-state index is 0.0841. The molecule has 5 heteroatoms. The molecular formula is C16H19NO3S. The summed E-state index contributed by atoms with van der Waals surface area (Å²) in [6, 6.07) is 9.47. The van der Waals surface area contributed by atoms with E-state index in [4.69, 9.17) is 4.74 Å². The van der Waals surface area contributed by atoms with Crippen molar-refractivity contribution in [1.29, 1.82) is 0 Å². The molecule has 1 amide bonds. The number of esters is 1. The van der Waals surface area contributed by atoms with Crippen LogP contribution in [0, 0.1) is 0 Å². The van der Waals surface area contributed by atoms with Crippen LogP contribution in [-0.2, 0) is 20.9 Å². The second-order valence-electron chi connectivity index (χ2n) is 5.43. The Bertz CT molecular complexity index is 534. The average molecular weight is 305 g/mol. The molecule has 21 heavy (non-hydrogen) atoms. The van der Waals surface area contributed by atoms with Gasteiger partial charge in [-0.25, -0.2) is 4.79 Å². The zero-order valence-corrected chi connectivity index (χ0v) is 12.8. The molecule has 0 aliphatic carbocycles. The first kappa shape index (κ1) is 14.4. The standard InChI is InChI=1S/C16H19NO3S/c1-2-21-13-8-12-9-14(18)17(12)15(13)16(19)20-10-11-6-4-3-5-7-11/h3-7,12-13,15H,2,8-10H2,1H3/t12?,13-,15-/m1/s1. The van der Waals surface area contributed by atoms with E-state index in [0.717, 1.165) is 17.7 Å². The molecule has 0 bridgehead atoms. The lowest BCUT2D eigenvalue weighted by atomic mass is 10.0. The lowest BCUT2D eigenvalue weighted by molar-refractivity contribution is -0.161. The van der Waals surface area contributed by atoms with Gasteiger partial charge in [-0.2, -0.15) is 11.8 Å². The van der Waals surface area contributed by atoms with Crippen LogP contribution in [0.25, 0.3) is 0 Å². The summed E-state index contributed by atoms with van der Waals surface area (Å²) in [4.78, 5) is 25.9. The first-order valence-electron chi connectivity index (χ1n) is 7.34. The molecule has 1 aromatic carbocycles. The molecule has 0 N–H and O–H groups in total. The predicted molar refractivity (Wildman–Crippen MR) is 81.8 cm³/mol. The number of nitrogens with zero attached hydrogens (tertiary/aromatic N) is 1. The van der Waals surface area contributed by atoms with Gasteiger partial charge in [0.1, 0.15) is 12.6 Å². The molecule has 0 saturated carbocycles. The highest BCUT2D eigenvalue weighted by Crippen LogP contribution is 2.41. The van der Waals surface area contributed by atoms with E-state index in [1.54, 1.807) is 16.7 Å². The van der Waals surface area contributed by atoms with Crippen LogP contribution in [0.4, 0.5) is 0 Å². The van der Waals surface area contributed by atoms with Crippen molar-refractivity contribution in [1.82, 2.24) is 4.90 Å². The second-order valence-corrected chi connectivity index (χ2v) is 6.94. The third-order valence-electron chi connectivity index (χ3n) is 4.09. The summed E-state index contributed by atoms with van der Waals surface area (Å²) < 4.78 is 5.44. The molecular weight excluding hydrogens is 286 g/mol. The van der Waals surface area contributed by atoms with E-state index in [1.807, 2.05) is 30.3 Å².